The van der Waals surface area contributed by atoms with Gasteiger partial charge in [0.15, 0.2) is 5.13 Å². The van der Waals surface area contributed by atoms with Gasteiger partial charge in [-0.05, 0) is 20.8 Å². The predicted molar refractivity (Wildman–Crippen MR) is 50.5 cm³/mol. The van der Waals surface area contributed by atoms with Crippen LogP contribution < -0.4 is 5.32 Å². The van der Waals surface area contributed by atoms with E-state index in [0.717, 1.165) is 9.47 Å². The van der Waals surface area contributed by atoms with Crippen LogP contribution in [0, 0.1) is 0 Å². The lowest BCUT2D eigenvalue weighted by atomic mass is 10.1. The lowest BCUT2D eigenvalue weighted by Gasteiger charge is -2.19. The fraction of sp³-hybridized carbons (Fsp3) is 0.571. The molecule has 0 radical (unpaired) electrons. The highest BCUT2D eigenvalue weighted by Crippen LogP contribution is 2.24. The molecule has 0 saturated heterocycles. The normalized spacial score (nSPS) is 11.6. The van der Waals surface area contributed by atoms with E-state index in [1.807, 2.05) is 0 Å². The minimum atomic E-state index is 0.0567. The van der Waals surface area contributed by atoms with Gasteiger partial charge in [-0.1, -0.05) is 22.9 Å². The van der Waals surface area contributed by atoms with Crippen LogP contribution in [0.1, 0.15) is 20.8 Å². The molecule has 1 N–H and O–H groups in total. The molecular formula is C7H11ClN2S. The number of halogens is 1. The first-order valence-electron chi connectivity index (χ1n) is 3.37. The zero-order valence-electron chi connectivity index (χ0n) is 6.81. The van der Waals surface area contributed by atoms with Crippen LogP contribution in [-0.2, 0) is 0 Å². The van der Waals surface area contributed by atoms with Gasteiger partial charge in [0, 0.05) is 5.54 Å². The van der Waals surface area contributed by atoms with Crippen LogP contribution >= 0.6 is 22.9 Å². The van der Waals surface area contributed by atoms with Crippen LogP contribution in [0.3, 0.4) is 0 Å². The maximum atomic E-state index is 5.71. The minimum absolute atomic E-state index is 0.0567. The third kappa shape index (κ3) is 3.08. The van der Waals surface area contributed by atoms with E-state index in [4.69, 9.17) is 11.6 Å². The Balaban J connectivity index is 2.65. The molecule has 0 saturated carbocycles. The summed E-state index contributed by atoms with van der Waals surface area (Å²) >= 11 is 7.16. The second-order valence-electron chi connectivity index (χ2n) is 3.34. The Bertz CT molecular complexity index is 239. The average Bonchev–Trinajstić information content (AvgIpc) is 2.10. The molecule has 0 spiro atoms. The second-order valence-corrected chi connectivity index (χ2v) is 5.01. The largest absolute Gasteiger partial charge is 0.357 e. The summed E-state index contributed by atoms with van der Waals surface area (Å²) in [7, 11) is 0. The van der Waals surface area contributed by atoms with Crippen LogP contribution in [0.2, 0.25) is 4.34 Å². The van der Waals surface area contributed by atoms with Crippen LogP contribution in [0.4, 0.5) is 5.13 Å². The van der Waals surface area contributed by atoms with Gasteiger partial charge in [-0.3, -0.25) is 0 Å². The molecule has 0 fully saturated rings. The maximum absolute atomic E-state index is 5.71. The molecule has 1 aromatic rings. The molecule has 0 amide bonds. The van der Waals surface area contributed by atoms with Gasteiger partial charge in [0.05, 0.1) is 6.20 Å². The molecule has 0 aromatic carbocycles. The molecule has 1 heterocycles. The van der Waals surface area contributed by atoms with Gasteiger partial charge in [0.25, 0.3) is 0 Å². The predicted octanol–water partition coefficient (Wildman–Crippen LogP) is 3.01. The molecule has 0 bridgehead atoms. The topological polar surface area (TPSA) is 24.9 Å². The van der Waals surface area contributed by atoms with E-state index in [2.05, 4.69) is 31.1 Å². The number of aromatic nitrogens is 1. The summed E-state index contributed by atoms with van der Waals surface area (Å²) in [6.07, 6.45) is 1.65. The molecule has 0 aliphatic carbocycles. The number of nitrogens with one attached hydrogen (secondary N) is 1. The molecular weight excluding hydrogens is 180 g/mol. The van der Waals surface area contributed by atoms with Crippen molar-refractivity contribution in [2.45, 2.75) is 26.3 Å². The number of thiazole rings is 1. The molecule has 0 aliphatic heterocycles. The number of anilines is 1. The van der Waals surface area contributed by atoms with Crippen molar-refractivity contribution in [1.29, 1.82) is 0 Å². The molecule has 62 valence electrons. The van der Waals surface area contributed by atoms with E-state index < -0.39 is 0 Å². The maximum Gasteiger partial charge on any atom is 0.184 e. The summed E-state index contributed by atoms with van der Waals surface area (Å²) in [5, 5.41) is 4.10. The Kier molecular flexibility index (Phi) is 2.40. The first kappa shape index (κ1) is 8.81. The van der Waals surface area contributed by atoms with Gasteiger partial charge in [-0.2, -0.15) is 0 Å². The highest BCUT2D eigenvalue weighted by molar-refractivity contribution is 7.19. The van der Waals surface area contributed by atoms with Gasteiger partial charge in [0.1, 0.15) is 4.34 Å². The molecule has 2 nitrogen and oxygen atoms in total. The van der Waals surface area contributed by atoms with E-state index in [9.17, 15) is 0 Å². The van der Waals surface area contributed by atoms with Crippen LogP contribution in [0.25, 0.3) is 0 Å². The first-order chi connectivity index (χ1) is 4.97. The Morgan fingerprint density at radius 3 is 2.55 bits per heavy atom. The van der Waals surface area contributed by atoms with Crippen molar-refractivity contribution in [3.8, 4) is 0 Å². The smallest absolute Gasteiger partial charge is 0.184 e. The zero-order chi connectivity index (χ0) is 8.48. The molecule has 1 rings (SSSR count). The number of nitrogens with zero attached hydrogens (tertiary/aromatic N) is 1. The molecule has 0 aliphatic rings. The average molecular weight is 191 g/mol. The second kappa shape index (κ2) is 2.99. The standard InChI is InChI=1S/C7H11ClN2S/c1-7(2,3)10-6-9-4-5(8)11-6/h4H,1-3H3,(H,9,10). The molecule has 11 heavy (non-hydrogen) atoms. The van der Waals surface area contributed by atoms with Gasteiger partial charge in [-0.25, -0.2) is 4.98 Å². The third-order valence-corrected chi connectivity index (χ3v) is 1.99. The minimum Gasteiger partial charge on any atom is -0.357 e. The summed E-state index contributed by atoms with van der Waals surface area (Å²) < 4.78 is 0.719. The number of hydrogen-bond donors (Lipinski definition) is 1. The van der Waals surface area contributed by atoms with Crippen molar-refractivity contribution in [3.05, 3.63) is 10.5 Å². The Labute approximate surface area is 75.6 Å². The van der Waals surface area contributed by atoms with Gasteiger partial charge in [0.2, 0.25) is 0 Å². The summed E-state index contributed by atoms with van der Waals surface area (Å²) in [5.41, 5.74) is 0.0567. The first-order valence-corrected chi connectivity index (χ1v) is 4.56. The lowest BCUT2D eigenvalue weighted by molar-refractivity contribution is 0.633. The highest BCUT2D eigenvalue weighted by Gasteiger charge is 2.10. The van der Waals surface area contributed by atoms with Crippen molar-refractivity contribution in [3.63, 3.8) is 0 Å². The summed E-state index contributed by atoms with van der Waals surface area (Å²) in [6, 6.07) is 0. The van der Waals surface area contributed by atoms with Crippen molar-refractivity contribution >= 4 is 28.1 Å². The Morgan fingerprint density at radius 2 is 2.18 bits per heavy atom. The quantitative estimate of drug-likeness (QED) is 0.737. The number of rotatable bonds is 1. The fourth-order valence-electron chi connectivity index (χ4n) is 0.633. The van der Waals surface area contributed by atoms with Gasteiger partial charge < -0.3 is 5.32 Å². The Morgan fingerprint density at radius 1 is 1.55 bits per heavy atom. The van der Waals surface area contributed by atoms with Crippen LogP contribution in [-0.4, -0.2) is 10.5 Å². The van der Waals surface area contributed by atoms with Crippen molar-refractivity contribution in [2.75, 3.05) is 5.32 Å². The van der Waals surface area contributed by atoms with Crippen molar-refractivity contribution in [1.82, 2.24) is 4.98 Å². The van der Waals surface area contributed by atoms with Gasteiger partial charge >= 0.3 is 0 Å². The molecule has 0 unspecified atom stereocenters. The van der Waals surface area contributed by atoms with E-state index in [0.29, 0.717) is 0 Å². The third-order valence-electron chi connectivity index (χ3n) is 0.959. The molecule has 4 heteroatoms. The molecule has 0 atom stereocenters. The van der Waals surface area contributed by atoms with Gasteiger partial charge in [-0.15, -0.1) is 0 Å². The van der Waals surface area contributed by atoms with Crippen LogP contribution in [0.5, 0.6) is 0 Å². The van der Waals surface area contributed by atoms with Crippen LogP contribution in [0.15, 0.2) is 6.20 Å². The SMILES string of the molecule is CC(C)(C)Nc1ncc(Cl)s1. The fourth-order valence-corrected chi connectivity index (χ4v) is 1.65. The van der Waals surface area contributed by atoms with E-state index in [-0.39, 0.29) is 5.54 Å². The Hall–Kier alpha value is -0.280. The van der Waals surface area contributed by atoms with E-state index in [1.165, 1.54) is 11.3 Å². The summed E-state index contributed by atoms with van der Waals surface area (Å²) in [6.45, 7) is 6.26. The molecule has 1 aromatic heterocycles. The zero-order valence-corrected chi connectivity index (χ0v) is 8.38. The summed E-state index contributed by atoms with van der Waals surface area (Å²) in [5.74, 6) is 0. The van der Waals surface area contributed by atoms with E-state index >= 15 is 0 Å². The van der Waals surface area contributed by atoms with Crippen molar-refractivity contribution in [2.24, 2.45) is 0 Å². The lowest BCUT2D eigenvalue weighted by Crippen LogP contribution is -2.25. The monoisotopic (exact) mass is 190 g/mol. The van der Waals surface area contributed by atoms with Crippen molar-refractivity contribution < 1.29 is 0 Å². The van der Waals surface area contributed by atoms with E-state index in [1.54, 1.807) is 6.20 Å². The number of hydrogen-bond acceptors (Lipinski definition) is 3. The highest BCUT2D eigenvalue weighted by atomic mass is 35.5. The summed E-state index contributed by atoms with van der Waals surface area (Å²) in [4.78, 5) is 4.08.